The van der Waals surface area contributed by atoms with Crippen LogP contribution < -0.4 is 10.2 Å². The smallest absolute Gasteiger partial charge is 0.226 e. The van der Waals surface area contributed by atoms with Gasteiger partial charge in [0.1, 0.15) is 11.8 Å². The van der Waals surface area contributed by atoms with Gasteiger partial charge in [-0.3, -0.25) is 9.78 Å². The van der Waals surface area contributed by atoms with Crippen molar-refractivity contribution in [3.8, 4) is 0 Å². The van der Waals surface area contributed by atoms with E-state index in [1.807, 2.05) is 24.4 Å². The lowest BCUT2D eigenvalue weighted by molar-refractivity contribution is -0.132. The van der Waals surface area contributed by atoms with E-state index in [2.05, 4.69) is 35.1 Å². The molecule has 8 heteroatoms. The molecule has 3 aromatic rings. The summed E-state index contributed by atoms with van der Waals surface area (Å²) in [6, 6.07) is 5.97. The zero-order valence-electron chi connectivity index (χ0n) is 16.1. The fourth-order valence-electron chi connectivity index (χ4n) is 4.15. The van der Waals surface area contributed by atoms with Gasteiger partial charge in [0.25, 0.3) is 0 Å². The van der Waals surface area contributed by atoms with E-state index in [-0.39, 0.29) is 11.3 Å². The number of H-pyrrole nitrogens is 1. The third-order valence-corrected chi connectivity index (χ3v) is 5.75. The van der Waals surface area contributed by atoms with Gasteiger partial charge in [0.05, 0.1) is 11.7 Å². The third kappa shape index (κ3) is 3.54. The first-order valence-electron chi connectivity index (χ1n) is 9.73. The standard InChI is InChI=1S/C20H25N7O/c1-21-19(28)20(7-4-6-15-5-2-3-10-22-15)8-11-27(12-9-20)18-16-17(24-13-23-16)25-14-26-18/h2-3,5,10,13-14H,4,6-9,11-12H2,1H3,(H,21,28)(H,23,24,25,26). The van der Waals surface area contributed by atoms with E-state index in [0.29, 0.717) is 5.65 Å². The number of carbonyl (C=O) groups is 1. The number of aromatic nitrogens is 5. The topological polar surface area (TPSA) is 99.7 Å². The van der Waals surface area contributed by atoms with Crippen molar-refractivity contribution in [3.05, 3.63) is 42.7 Å². The Morgan fingerprint density at radius 2 is 2.07 bits per heavy atom. The fraction of sp³-hybridized carbons (Fsp3) is 0.450. The average Bonchev–Trinajstić information content (AvgIpc) is 3.23. The maximum atomic E-state index is 12.8. The minimum atomic E-state index is -0.333. The molecule has 3 aromatic heterocycles. The lowest BCUT2D eigenvalue weighted by atomic mass is 9.73. The Kier molecular flexibility index (Phi) is 5.18. The van der Waals surface area contributed by atoms with Crippen LogP contribution in [-0.4, -0.2) is 51.0 Å². The minimum absolute atomic E-state index is 0.141. The summed E-state index contributed by atoms with van der Waals surface area (Å²) < 4.78 is 0. The second-order valence-corrected chi connectivity index (χ2v) is 7.32. The summed E-state index contributed by atoms with van der Waals surface area (Å²) in [5.74, 6) is 1.00. The molecule has 0 aromatic carbocycles. The number of anilines is 1. The van der Waals surface area contributed by atoms with Gasteiger partial charge in [-0.25, -0.2) is 15.0 Å². The van der Waals surface area contributed by atoms with Crippen molar-refractivity contribution >= 4 is 22.9 Å². The van der Waals surface area contributed by atoms with Crippen LogP contribution in [0, 0.1) is 5.41 Å². The molecule has 0 atom stereocenters. The number of pyridine rings is 1. The number of amides is 1. The van der Waals surface area contributed by atoms with E-state index in [1.165, 1.54) is 0 Å². The molecule has 1 amide bonds. The summed E-state index contributed by atoms with van der Waals surface area (Å²) in [7, 11) is 1.73. The van der Waals surface area contributed by atoms with Crippen LogP contribution in [0.1, 0.15) is 31.4 Å². The van der Waals surface area contributed by atoms with Gasteiger partial charge in [-0.05, 0) is 44.2 Å². The van der Waals surface area contributed by atoms with E-state index < -0.39 is 0 Å². The van der Waals surface area contributed by atoms with Crippen LogP contribution in [0.2, 0.25) is 0 Å². The van der Waals surface area contributed by atoms with Crippen LogP contribution in [0.4, 0.5) is 5.82 Å². The number of nitrogens with one attached hydrogen (secondary N) is 2. The Bertz CT molecular complexity index is 932. The van der Waals surface area contributed by atoms with Gasteiger partial charge in [0.2, 0.25) is 5.91 Å². The maximum absolute atomic E-state index is 12.8. The highest BCUT2D eigenvalue weighted by atomic mass is 16.2. The number of aryl methyl sites for hydroxylation is 1. The van der Waals surface area contributed by atoms with Crippen LogP contribution >= 0.6 is 0 Å². The number of imidazole rings is 1. The van der Waals surface area contributed by atoms with Crippen molar-refractivity contribution in [2.24, 2.45) is 5.41 Å². The largest absolute Gasteiger partial charge is 0.359 e. The maximum Gasteiger partial charge on any atom is 0.226 e. The van der Waals surface area contributed by atoms with Crippen LogP contribution in [0.3, 0.4) is 0 Å². The lowest BCUT2D eigenvalue weighted by Crippen LogP contribution is -2.48. The second-order valence-electron chi connectivity index (χ2n) is 7.32. The van der Waals surface area contributed by atoms with Gasteiger partial charge in [-0.1, -0.05) is 6.07 Å². The quantitative estimate of drug-likeness (QED) is 0.680. The number of rotatable bonds is 6. The minimum Gasteiger partial charge on any atom is -0.359 e. The highest BCUT2D eigenvalue weighted by Crippen LogP contribution is 2.38. The molecule has 1 saturated heterocycles. The predicted molar refractivity (Wildman–Crippen MR) is 107 cm³/mol. The lowest BCUT2D eigenvalue weighted by Gasteiger charge is -2.41. The Labute approximate surface area is 163 Å². The van der Waals surface area contributed by atoms with Crippen molar-refractivity contribution in [2.45, 2.75) is 32.1 Å². The zero-order valence-corrected chi connectivity index (χ0v) is 16.1. The normalized spacial score (nSPS) is 16.2. The third-order valence-electron chi connectivity index (χ3n) is 5.75. The van der Waals surface area contributed by atoms with Crippen LogP contribution in [0.15, 0.2) is 37.1 Å². The molecule has 1 aliphatic rings. The Morgan fingerprint density at radius 3 is 2.82 bits per heavy atom. The molecule has 0 aliphatic carbocycles. The van der Waals surface area contributed by atoms with Crippen molar-refractivity contribution in [2.75, 3.05) is 25.0 Å². The molecule has 1 aliphatic heterocycles. The fourth-order valence-corrected chi connectivity index (χ4v) is 4.15. The van der Waals surface area contributed by atoms with E-state index in [1.54, 1.807) is 19.7 Å². The molecule has 0 bridgehead atoms. The van der Waals surface area contributed by atoms with Gasteiger partial charge in [0.15, 0.2) is 11.5 Å². The molecule has 4 heterocycles. The van der Waals surface area contributed by atoms with E-state index in [4.69, 9.17) is 0 Å². The number of hydrogen-bond donors (Lipinski definition) is 2. The number of nitrogens with zero attached hydrogens (tertiary/aromatic N) is 5. The molecule has 28 heavy (non-hydrogen) atoms. The molecule has 2 N–H and O–H groups in total. The van der Waals surface area contributed by atoms with Crippen molar-refractivity contribution in [1.82, 2.24) is 30.2 Å². The zero-order chi connectivity index (χ0) is 19.4. The van der Waals surface area contributed by atoms with Gasteiger partial charge in [0, 0.05) is 32.0 Å². The summed E-state index contributed by atoms with van der Waals surface area (Å²) in [6.07, 6.45) is 9.31. The summed E-state index contributed by atoms with van der Waals surface area (Å²) in [4.78, 5) is 35.4. The molecule has 0 saturated carbocycles. The van der Waals surface area contributed by atoms with Crippen molar-refractivity contribution in [3.63, 3.8) is 0 Å². The Balaban J connectivity index is 1.45. The first-order chi connectivity index (χ1) is 13.7. The molecule has 0 radical (unpaired) electrons. The molecule has 146 valence electrons. The number of hydrogen-bond acceptors (Lipinski definition) is 6. The van der Waals surface area contributed by atoms with Gasteiger partial charge < -0.3 is 15.2 Å². The van der Waals surface area contributed by atoms with Crippen LogP contribution in [0.25, 0.3) is 11.2 Å². The summed E-state index contributed by atoms with van der Waals surface area (Å²) in [5, 5.41) is 2.89. The molecular weight excluding hydrogens is 354 g/mol. The van der Waals surface area contributed by atoms with Crippen molar-refractivity contribution in [1.29, 1.82) is 0 Å². The first-order valence-corrected chi connectivity index (χ1v) is 9.73. The summed E-state index contributed by atoms with van der Waals surface area (Å²) in [6.45, 7) is 1.56. The molecule has 0 spiro atoms. The molecule has 0 unspecified atom stereocenters. The highest BCUT2D eigenvalue weighted by molar-refractivity contribution is 5.84. The molecular formula is C20H25N7O. The number of carbonyl (C=O) groups excluding carboxylic acids is 1. The number of aromatic amines is 1. The van der Waals surface area contributed by atoms with Crippen LogP contribution in [-0.2, 0) is 11.2 Å². The SMILES string of the molecule is CNC(=O)C1(CCCc2ccccn2)CCN(c2ncnc3nc[nH]c23)CC1. The van der Waals surface area contributed by atoms with Gasteiger partial charge in [-0.15, -0.1) is 0 Å². The van der Waals surface area contributed by atoms with Gasteiger partial charge in [-0.2, -0.15) is 0 Å². The average molecular weight is 379 g/mol. The predicted octanol–water partition coefficient (Wildman–Crippen LogP) is 2.10. The molecule has 1 fully saturated rings. The van der Waals surface area contributed by atoms with Crippen molar-refractivity contribution < 1.29 is 4.79 Å². The van der Waals surface area contributed by atoms with Gasteiger partial charge >= 0.3 is 0 Å². The monoisotopic (exact) mass is 379 g/mol. The second kappa shape index (κ2) is 7.92. The van der Waals surface area contributed by atoms with Crippen LogP contribution in [0.5, 0.6) is 0 Å². The van der Waals surface area contributed by atoms with E-state index in [0.717, 1.165) is 62.2 Å². The molecule has 4 rings (SSSR count). The van der Waals surface area contributed by atoms with E-state index >= 15 is 0 Å². The Hall–Kier alpha value is -3.03. The summed E-state index contributed by atoms with van der Waals surface area (Å²) in [5.41, 5.74) is 2.27. The Morgan fingerprint density at radius 1 is 1.21 bits per heavy atom. The number of fused-ring (bicyclic) bond motifs is 1. The number of piperidine rings is 1. The van der Waals surface area contributed by atoms with E-state index in [9.17, 15) is 4.79 Å². The summed E-state index contributed by atoms with van der Waals surface area (Å²) >= 11 is 0. The molecule has 8 nitrogen and oxygen atoms in total. The highest BCUT2D eigenvalue weighted by Gasteiger charge is 2.40. The first kappa shape index (κ1) is 18.3.